The Morgan fingerprint density at radius 2 is 2.55 bits per heavy atom. The third-order valence-electron chi connectivity index (χ3n) is 1.08. The maximum Gasteiger partial charge on any atom is 0.354 e. The molecule has 0 spiro atoms. The molecule has 56 valence electrons. The van der Waals surface area contributed by atoms with Crippen LogP contribution in [-0.4, -0.2) is 9.55 Å². The first-order chi connectivity index (χ1) is 5.24. The Morgan fingerprint density at radius 3 is 3.09 bits per heavy atom. The molecule has 0 aromatic carbocycles. The summed E-state index contributed by atoms with van der Waals surface area (Å²) in [7, 11) is 0. The molecule has 1 aromatic heterocycles. The van der Waals surface area contributed by atoms with Gasteiger partial charge in [-0.15, -0.1) is 5.73 Å². The number of anilines is 1. The van der Waals surface area contributed by atoms with Crippen LogP contribution in [-0.2, 0) is 0 Å². The lowest BCUT2D eigenvalue weighted by Crippen LogP contribution is -2.18. The van der Waals surface area contributed by atoms with E-state index < -0.39 is 5.69 Å². The Balaban J connectivity index is 3.31. The van der Waals surface area contributed by atoms with Crippen LogP contribution in [0.1, 0.15) is 0 Å². The van der Waals surface area contributed by atoms with Gasteiger partial charge in [-0.1, -0.05) is 6.58 Å². The summed E-state index contributed by atoms with van der Waals surface area (Å²) in [5.41, 5.74) is 7.27. The summed E-state index contributed by atoms with van der Waals surface area (Å²) in [5, 5.41) is 0. The lowest BCUT2D eigenvalue weighted by molar-refractivity contribution is 0.969. The number of aromatic nitrogens is 2. The van der Waals surface area contributed by atoms with Crippen molar-refractivity contribution in [3.8, 4) is 0 Å². The quantitative estimate of drug-likeness (QED) is 0.575. The third kappa shape index (κ3) is 1.56. The van der Waals surface area contributed by atoms with E-state index in [1.807, 2.05) is 0 Å². The summed E-state index contributed by atoms with van der Waals surface area (Å²) in [6.45, 7) is 3.32. The van der Waals surface area contributed by atoms with Gasteiger partial charge in [0.15, 0.2) is 0 Å². The predicted octanol–water partition coefficient (Wildman–Crippen LogP) is 0.0811. The second-order valence-corrected chi connectivity index (χ2v) is 1.88. The highest BCUT2D eigenvalue weighted by Crippen LogP contribution is 1.88. The first-order valence-corrected chi connectivity index (χ1v) is 2.94. The zero-order chi connectivity index (χ0) is 8.27. The fraction of sp³-hybridized carbons (Fsp3) is 0. The van der Waals surface area contributed by atoms with Crippen LogP contribution in [0.25, 0.3) is 6.20 Å². The normalized spacial score (nSPS) is 8.73. The molecule has 0 bridgehead atoms. The Morgan fingerprint density at radius 1 is 1.82 bits per heavy atom. The minimum atomic E-state index is -0.429. The molecule has 1 rings (SSSR count). The zero-order valence-corrected chi connectivity index (χ0v) is 5.82. The van der Waals surface area contributed by atoms with Gasteiger partial charge in [-0.3, -0.25) is 4.57 Å². The van der Waals surface area contributed by atoms with Crippen LogP contribution in [0.3, 0.4) is 0 Å². The highest BCUT2D eigenvalue weighted by molar-refractivity contribution is 5.28. The standard InChI is InChI=1S/C7H7N3O/c1-2-4-10-5-3-6(8)9-7(10)11/h3-5H,1H2,(H2,8,9,11). The van der Waals surface area contributed by atoms with E-state index in [-0.39, 0.29) is 5.82 Å². The fourth-order valence-electron chi connectivity index (χ4n) is 0.622. The molecule has 2 N–H and O–H groups in total. The average molecular weight is 149 g/mol. The van der Waals surface area contributed by atoms with Crippen molar-refractivity contribution in [1.82, 2.24) is 9.55 Å². The number of hydrogen-bond donors (Lipinski definition) is 1. The molecule has 0 radical (unpaired) electrons. The van der Waals surface area contributed by atoms with Gasteiger partial charge in [-0.2, -0.15) is 4.98 Å². The van der Waals surface area contributed by atoms with Gasteiger partial charge >= 0.3 is 5.69 Å². The molecule has 11 heavy (non-hydrogen) atoms. The van der Waals surface area contributed by atoms with Crippen molar-refractivity contribution < 1.29 is 0 Å². The molecule has 0 saturated heterocycles. The average Bonchev–Trinajstić information content (AvgIpc) is 1.95. The van der Waals surface area contributed by atoms with Gasteiger partial charge in [-0.05, 0) is 6.07 Å². The van der Waals surface area contributed by atoms with Crippen LogP contribution in [0.4, 0.5) is 5.82 Å². The zero-order valence-electron chi connectivity index (χ0n) is 5.82. The van der Waals surface area contributed by atoms with Crippen molar-refractivity contribution >= 4 is 12.0 Å². The number of nitrogens with two attached hydrogens (primary N) is 1. The molecule has 1 heterocycles. The molecule has 1 aromatic rings. The van der Waals surface area contributed by atoms with Gasteiger partial charge < -0.3 is 5.73 Å². The van der Waals surface area contributed by atoms with Crippen molar-refractivity contribution in [2.75, 3.05) is 5.73 Å². The van der Waals surface area contributed by atoms with Gasteiger partial charge in [0.25, 0.3) is 0 Å². The molecular formula is C7H7N3O. The summed E-state index contributed by atoms with van der Waals surface area (Å²) in [5.74, 6) is 0.212. The Bertz CT molecular complexity index is 360. The van der Waals surface area contributed by atoms with Crippen LogP contribution in [0.5, 0.6) is 0 Å². The summed E-state index contributed by atoms with van der Waals surface area (Å²) >= 11 is 0. The lowest BCUT2D eigenvalue weighted by atomic mass is 10.6. The number of nitrogens with zero attached hydrogens (tertiary/aromatic N) is 2. The molecule has 0 unspecified atom stereocenters. The molecule has 0 aliphatic rings. The van der Waals surface area contributed by atoms with Crippen molar-refractivity contribution in [3.63, 3.8) is 0 Å². The second kappa shape index (κ2) is 2.86. The summed E-state index contributed by atoms with van der Waals surface area (Å²) < 4.78 is 1.24. The van der Waals surface area contributed by atoms with Gasteiger partial charge in [0, 0.05) is 6.20 Å². The maximum absolute atomic E-state index is 10.9. The molecule has 4 nitrogen and oxygen atoms in total. The maximum atomic E-state index is 10.9. The van der Waals surface area contributed by atoms with Gasteiger partial charge in [0.05, 0.1) is 6.20 Å². The molecular weight excluding hydrogens is 142 g/mol. The summed E-state index contributed by atoms with van der Waals surface area (Å²) in [4.78, 5) is 14.4. The minimum absolute atomic E-state index is 0.212. The molecule has 0 amide bonds. The number of nitrogen functional groups attached to an aromatic ring is 1. The first-order valence-electron chi connectivity index (χ1n) is 2.94. The highest BCUT2D eigenvalue weighted by Gasteiger charge is 1.91. The van der Waals surface area contributed by atoms with Crippen molar-refractivity contribution in [2.24, 2.45) is 0 Å². The molecule has 0 atom stereocenters. The van der Waals surface area contributed by atoms with Crippen molar-refractivity contribution in [1.29, 1.82) is 0 Å². The predicted molar refractivity (Wildman–Crippen MR) is 42.8 cm³/mol. The number of rotatable bonds is 1. The SMILES string of the molecule is C=C=Cn1ccc(N)nc1=O. The van der Waals surface area contributed by atoms with E-state index in [9.17, 15) is 4.79 Å². The van der Waals surface area contributed by atoms with Crippen LogP contribution in [0.2, 0.25) is 0 Å². The third-order valence-corrected chi connectivity index (χ3v) is 1.08. The Hall–Kier alpha value is -1.80. The first kappa shape index (κ1) is 7.31. The van der Waals surface area contributed by atoms with Gasteiger partial charge in [0.2, 0.25) is 0 Å². The summed E-state index contributed by atoms with van der Waals surface area (Å²) in [6, 6.07) is 1.52. The van der Waals surface area contributed by atoms with Gasteiger partial charge in [0.1, 0.15) is 5.82 Å². The van der Waals surface area contributed by atoms with E-state index in [0.29, 0.717) is 0 Å². The van der Waals surface area contributed by atoms with Crippen molar-refractivity contribution in [2.45, 2.75) is 0 Å². The molecule has 0 saturated carbocycles. The Kier molecular flexibility index (Phi) is 1.90. The molecule has 4 heteroatoms. The van der Waals surface area contributed by atoms with Crippen LogP contribution in [0, 0.1) is 0 Å². The largest absolute Gasteiger partial charge is 0.383 e. The topological polar surface area (TPSA) is 60.9 Å². The van der Waals surface area contributed by atoms with E-state index in [4.69, 9.17) is 5.73 Å². The molecule has 0 aliphatic carbocycles. The smallest absolute Gasteiger partial charge is 0.354 e. The highest BCUT2D eigenvalue weighted by atomic mass is 16.1. The van der Waals surface area contributed by atoms with E-state index in [2.05, 4.69) is 17.3 Å². The van der Waals surface area contributed by atoms with Gasteiger partial charge in [-0.25, -0.2) is 4.79 Å². The molecule has 0 fully saturated rings. The van der Waals surface area contributed by atoms with E-state index >= 15 is 0 Å². The summed E-state index contributed by atoms with van der Waals surface area (Å²) in [6.07, 6.45) is 2.89. The monoisotopic (exact) mass is 149 g/mol. The Labute approximate surface area is 63.3 Å². The molecule has 0 aliphatic heterocycles. The van der Waals surface area contributed by atoms with Crippen LogP contribution >= 0.6 is 0 Å². The van der Waals surface area contributed by atoms with E-state index in [1.54, 1.807) is 0 Å². The van der Waals surface area contributed by atoms with E-state index in [1.165, 1.54) is 23.0 Å². The second-order valence-electron chi connectivity index (χ2n) is 1.88. The van der Waals surface area contributed by atoms with Crippen LogP contribution in [0.15, 0.2) is 29.4 Å². The lowest BCUT2D eigenvalue weighted by Gasteiger charge is -1.94. The van der Waals surface area contributed by atoms with Crippen molar-refractivity contribution in [3.05, 3.63) is 35.1 Å². The minimum Gasteiger partial charge on any atom is -0.383 e. The number of hydrogen-bond acceptors (Lipinski definition) is 3. The van der Waals surface area contributed by atoms with Crippen LogP contribution < -0.4 is 11.4 Å². The van der Waals surface area contributed by atoms with E-state index in [0.717, 1.165) is 0 Å². The fourth-order valence-corrected chi connectivity index (χ4v) is 0.622.